The molecule has 0 bridgehead atoms. The Kier molecular flexibility index (Phi) is 4.10. The van der Waals surface area contributed by atoms with Gasteiger partial charge in [0.05, 0.1) is 16.9 Å². The minimum absolute atomic E-state index is 0.327. The van der Waals surface area contributed by atoms with Crippen LogP contribution in [0.25, 0.3) is 0 Å². The molecular weight excluding hydrogens is 216 g/mol. The molecule has 0 aliphatic rings. The van der Waals surface area contributed by atoms with E-state index in [0.29, 0.717) is 5.56 Å². The molecule has 74 valence electrons. The molecule has 1 rings (SSSR count). The lowest BCUT2D eigenvalue weighted by Crippen LogP contribution is -2.01. The minimum Gasteiger partial charge on any atom is -0.465 e. The molecule has 14 heavy (non-hydrogen) atoms. The number of hydrogen-bond acceptors (Lipinski definition) is 4. The topological polar surface area (TPSA) is 26.3 Å². The summed E-state index contributed by atoms with van der Waals surface area (Å²) in [5.41, 5.74) is 1.50. The van der Waals surface area contributed by atoms with Crippen LogP contribution < -0.4 is 0 Å². The molecule has 0 amide bonds. The summed E-state index contributed by atoms with van der Waals surface area (Å²) in [6, 6.07) is 7.07. The molecule has 0 unspecified atom stereocenters. The first-order valence-electron chi connectivity index (χ1n) is 3.95. The van der Waals surface area contributed by atoms with Crippen LogP contribution in [-0.2, 0) is 4.74 Å². The van der Waals surface area contributed by atoms with E-state index in [-0.39, 0.29) is 5.97 Å². The molecule has 0 aliphatic carbocycles. The Labute approximate surface area is 92.6 Å². The van der Waals surface area contributed by atoms with Gasteiger partial charge in [0.15, 0.2) is 0 Å². The van der Waals surface area contributed by atoms with Gasteiger partial charge < -0.3 is 4.74 Å². The number of carbonyl (C=O) groups is 1. The predicted octanol–water partition coefficient (Wildman–Crippen LogP) is 2.51. The lowest BCUT2D eigenvalue weighted by molar-refractivity contribution is 0.0601. The largest absolute Gasteiger partial charge is 0.465 e. The summed E-state index contributed by atoms with van der Waals surface area (Å²) in [4.78, 5) is 11.1. The molecule has 0 saturated heterocycles. The Balaban J connectivity index is 2.89. The second-order valence-electron chi connectivity index (χ2n) is 2.56. The lowest BCUT2D eigenvalue weighted by atomic mass is 10.1. The number of carbonyl (C=O) groups excluding carboxylic acids is 1. The number of rotatable bonds is 2. The fourth-order valence-electron chi connectivity index (χ4n) is 0.978. The molecule has 0 N–H and O–H groups in total. The Bertz CT molecular complexity index is 309. The maximum atomic E-state index is 11.1. The maximum absolute atomic E-state index is 11.1. The van der Waals surface area contributed by atoms with Crippen molar-refractivity contribution in [2.24, 2.45) is 0 Å². The molecule has 0 atom stereocenters. The third-order valence-electron chi connectivity index (χ3n) is 1.73. The summed E-state index contributed by atoms with van der Waals surface area (Å²) < 4.78 is 5.41. The number of esters is 1. The Morgan fingerprint density at radius 1 is 1.29 bits per heavy atom. The van der Waals surface area contributed by atoms with Crippen LogP contribution in [0.1, 0.15) is 15.9 Å². The fourth-order valence-corrected chi connectivity index (χ4v) is 1.49. The van der Waals surface area contributed by atoms with E-state index < -0.39 is 0 Å². The average Bonchev–Trinajstić information content (AvgIpc) is 2.27. The van der Waals surface area contributed by atoms with Crippen molar-refractivity contribution in [2.75, 3.05) is 13.4 Å². The van der Waals surface area contributed by atoms with E-state index >= 15 is 0 Å². The highest BCUT2D eigenvalue weighted by Gasteiger charge is 2.05. The summed E-state index contributed by atoms with van der Waals surface area (Å²) in [5.74, 6) is -0.327. The molecule has 2 nitrogen and oxygen atoms in total. The number of thioether (sulfide) groups is 1. The van der Waals surface area contributed by atoms with Gasteiger partial charge >= 0.3 is 5.97 Å². The van der Waals surface area contributed by atoms with Gasteiger partial charge in [-0.25, -0.2) is 4.79 Å². The van der Waals surface area contributed by atoms with Crippen molar-refractivity contribution in [1.82, 2.24) is 0 Å². The van der Waals surface area contributed by atoms with Crippen LogP contribution in [0.4, 0.5) is 0 Å². The molecule has 1 aromatic rings. The molecule has 0 heterocycles. The summed E-state index contributed by atoms with van der Waals surface area (Å²) in [6.45, 7) is 0. The van der Waals surface area contributed by atoms with Gasteiger partial charge in [-0.1, -0.05) is 24.4 Å². The molecule has 4 heteroatoms. The monoisotopic (exact) mass is 226 g/mol. The SMILES string of the molecule is COC(=O)c1ccc(C(=S)SC)cc1. The van der Waals surface area contributed by atoms with Gasteiger partial charge in [0.25, 0.3) is 0 Å². The first kappa shape index (κ1) is 11.2. The van der Waals surface area contributed by atoms with Crippen LogP contribution in [0.15, 0.2) is 24.3 Å². The van der Waals surface area contributed by atoms with E-state index in [4.69, 9.17) is 12.2 Å². The standard InChI is InChI=1S/C10H10O2S2/c1-12-9(11)7-3-5-8(6-4-7)10(13)14-2/h3-6H,1-2H3. The third-order valence-corrected chi connectivity index (χ3v) is 3.07. The number of methoxy groups -OCH3 is 1. The number of hydrogen-bond donors (Lipinski definition) is 0. The molecule has 0 aromatic heterocycles. The van der Waals surface area contributed by atoms with Gasteiger partial charge in [0.2, 0.25) is 0 Å². The smallest absolute Gasteiger partial charge is 0.337 e. The summed E-state index contributed by atoms with van der Waals surface area (Å²) in [6.07, 6.45) is 1.93. The first-order valence-corrected chi connectivity index (χ1v) is 5.59. The van der Waals surface area contributed by atoms with Crippen LogP contribution >= 0.6 is 24.0 Å². The molecule has 0 radical (unpaired) electrons. The van der Waals surface area contributed by atoms with Crippen LogP contribution in [0.3, 0.4) is 0 Å². The number of benzene rings is 1. The zero-order valence-electron chi connectivity index (χ0n) is 7.94. The zero-order chi connectivity index (χ0) is 10.6. The van der Waals surface area contributed by atoms with Gasteiger partial charge in [0, 0.05) is 0 Å². The van der Waals surface area contributed by atoms with Crippen LogP contribution in [-0.4, -0.2) is 23.5 Å². The molecule has 0 aliphatic heterocycles. The van der Waals surface area contributed by atoms with Gasteiger partial charge in [-0.05, 0) is 24.0 Å². The van der Waals surface area contributed by atoms with Crippen molar-refractivity contribution in [3.63, 3.8) is 0 Å². The van der Waals surface area contributed by atoms with Crippen molar-refractivity contribution in [2.45, 2.75) is 0 Å². The van der Waals surface area contributed by atoms with Gasteiger partial charge in [0.1, 0.15) is 0 Å². The fraction of sp³-hybridized carbons (Fsp3) is 0.200. The third kappa shape index (κ3) is 2.56. The normalized spacial score (nSPS) is 9.57. The van der Waals surface area contributed by atoms with Gasteiger partial charge in [-0.2, -0.15) is 0 Å². The molecule has 0 fully saturated rings. The van der Waals surface area contributed by atoms with Gasteiger partial charge in [-0.15, -0.1) is 11.8 Å². The quantitative estimate of drug-likeness (QED) is 0.572. The second kappa shape index (κ2) is 5.12. The molecule has 1 aromatic carbocycles. The Morgan fingerprint density at radius 2 is 1.79 bits per heavy atom. The van der Waals surface area contributed by atoms with Crippen molar-refractivity contribution in [3.05, 3.63) is 35.4 Å². The number of ether oxygens (including phenoxy) is 1. The van der Waals surface area contributed by atoms with E-state index in [2.05, 4.69) is 4.74 Å². The van der Waals surface area contributed by atoms with E-state index in [1.807, 2.05) is 18.4 Å². The Morgan fingerprint density at radius 3 is 2.21 bits per heavy atom. The second-order valence-corrected chi connectivity index (χ2v) is 4.04. The van der Waals surface area contributed by atoms with E-state index in [1.165, 1.54) is 18.9 Å². The van der Waals surface area contributed by atoms with Crippen LogP contribution in [0.5, 0.6) is 0 Å². The molecule has 0 saturated carbocycles. The van der Waals surface area contributed by atoms with E-state index in [0.717, 1.165) is 9.76 Å². The van der Waals surface area contributed by atoms with Crippen molar-refractivity contribution < 1.29 is 9.53 Å². The zero-order valence-corrected chi connectivity index (χ0v) is 9.58. The van der Waals surface area contributed by atoms with Crippen molar-refractivity contribution in [1.29, 1.82) is 0 Å². The van der Waals surface area contributed by atoms with Crippen LogP contribution in [0.2, 0.25) is 0 Å². The van der Waals surface area contributed by atoms with Crippen LogP contribution in [0, 0.1) is 0 Å². The lowest BCUT2D eigenvalue weighted by Gasteiger charge is -2.02. The Hall–Kier alpha value is -0.870. The molecular formula is C10H10O2S2. The van der Waals surface area contributed by atoms with E-state index in [9.17, 15) is 4.79 Å². The predicted molar refractivity (Wildman–Crippen MR) is 63.0 cm³/mol. The number of thiocarbonyl (C=S) groups is 1. The van der Waals surface area contributed by atoms with Crippen molar-refractivity contribution in [3.8, 4) is 0 Å². The first-order chi connectivity index (χ1) is 6.69. The summed E-state index contributed by atoms with van der Waals surface area (Å²) in [5, 5.41) is 0. The van der Waals surface area contributed by atoms with Gasteiger partial charge in [-0.3, -0.25) is 0 Å². The highest BCUT2D eigenvalue weighted by Crippen LogP contribution is 2.12. The highest BCUT2D eigenvalue weighted by molar-refractivity contribution is 8.23. The minimum atomic E-state index is -0.327. The molecule has 0 spiro atoms. The van der Waals surface area contributed by atoms with Crippen molar-refractivity contribution >= 4 is 34.1 Å². The van der Waals surface area contributed by atoms with E-state index in [1.54, 1.807) is 12.1 Å². The summed E-state index contributed by atoms with van der Waals surface area (Å²) >= 11 is 6.62. The maximum Gasteiger partial charge on any atom is 0.337 e. The highest BCUT2D eigenvalue weighted by atomic mass is 32.2. The average molecular weight is 226 g/mol. The summed E-state index contributed by atoms with van der Waals surface area (Å²) in [7, 11) is 1.36.